The molecule has 0 unspecified atom stereocenters. The van der Waals surface area contributed by atoms with Gasteiger partial charge in [0.25, 0.3) is 5.91 Å². The van der Waals surface area contributed by atoms with Gasteiger partial charge < -0.3 is 14.5 Å². The molecule has 0 bridgehead atoms. The molecule has 2 aliphatic rings. The van der Waals surface area contributed by atoms with Crippen LogP contribution in [-0.4, -0.2) is 58.9 Å². The Morgan fingerprint density at radius 3 is 2.35 bits per heavy atom. The van der Waals surface area contributed by atoms with Crippen LogP contribution >= 0.6 is 11.3 Å². The van der Waals surface area contributed by atoms with Gasteiger partial charge in [-0.3, -0.25) is 9.59 Å². The molecule has 31 heavy (non-hydrogen) atoms. The van der Waals surface area contributed by atoms with Gasteiger partial charge in [-0.2, -0.15) is 0 Å². The highest BCUT2D eigenvalue weighted by Gasteiger charge is 2.28. The summed E-state index contributed by atoms with van der Waals surface area (Å²) in [4.78, 5) is 33.8. The number of carbonyl (C=O) groups excluding carboxylic acids is 2. The Hall–Kier alpha value is -2.41. The summed E-state index contributed by atoms with van der Waals surface area (Å²) >= 11 is 1.47. The second kappa shape index (κ2) is 9.81. The molecule has 0 N–H and O–H groups in total. The van der Waals surface area contributed by atoms with Crippen LogP contribution in [-0.2, 0) is 4.79 Å². The first kappa shape index (κ1) is 21.8. The van der Waals surface area contributed by atoms with Crippen molar-refractivity contribution < 1.29 is 14.3 Å². The predicted molar refractivity (Wildman–Crippen MR) is 122 cm³/mol. The summed E-state index contributed by atoms with van der Waals surface area (Å²) in [6.45, 7) is 6.37. The van der Waals surface area contributed by atoms with E-state index in [1.807, 2.05) is 53.3 Å². The first-order chi connectivity index (χ1) is 15.0. The quantitative estimate of drug-likeness (QED) is 0.664. The number of hydrogen-bond acceptors (Lipinski definition) is 5. The zero-order valence-electron chi connectivity index (χ0n) is 18.4. The molecule has 1 saturated heterocycles. The number of ether oxygens (including phenoxy) is 1. The van der Waals surface area contributed by atoms with Gasteiger partial charge in [0.05, 0.1) is 6.10 Å². The van der Waals surface area contributed by atoms with Crippen molar-refractivity contribution >= 4 is 23.2 Å². The van der Waals surface area contributed by atoms with Crippen molar-refractivity contribution in [2.24, 2.45) is 5.92 Å². The average Bonchev–Trinajstić information content (AvgIpc) is 3.46. The fourth-order valence-electron chi connectivity index (χ4n) is 4.36. The molecule has 1 aromatic carbocycles. The number of carbonyl (C=O) groups is 2. The first-order valence-corrected chi connectivity index (χ1v) is 12.2. The summed E-state index contributed by atoms with van der Waals surface area (Å²) in [6, 6.07) is 7.80. The Morgan fingerprint density at radius 2 is 1.71 bits per heavy atom. The highest BCUT2D eigenvalue weighted by molar-refractivity contribution is 7.13. The van der Waals surface area contributed by atoms with Crippen LogP contribution in [0, 0.1) is 5.92 Å². The number of amides is 2. The van der Waals surface area contributed by atoms with Crippen LogP contribution in [0.1, 0.15) is 56.4 Å². The minimum absolute atomic E-state index is 0.0508. The van der Waals surface area contributed by atoms with E-state index >= 15 is 0 Å². The monoisotopic (exact) mass is 441 g/mol. The lowest BCUT2D eigenvalue weighted by atomic mass is 10.0. The molecule has 4 rings (SSSR count). The molecule has 2 aromatic rings. The van der Waals surface area contributed by atoms with Gasteiger partial charge in [-0.1, -0.05) is 12.8 Å². The highest BCUT2D eigenvalue weighted by atomic mass is 32.1. The average molecular weight is 442 g/mol. The van der Waals surface area contributed by atoms with Crippen LogP contribution in [0.2, 0.25) is 0 Å². The number of thiazole rings is 1. The zero-order chi connectivity index (χ0) is 21.8. The fourth-order valence-corrected chi connectivity index (χ4v) is 5.16. The summed E-state index contributed by atoms with van der Waals surface area (Å²) in [6.07, 6.45) is 5.68. The third-order valence-corrected chi connectivity index (χ3v) is 6.95. The highest BCUT2D eigenvalue weighted by Crippen LogP contribution is 2.29. The van der Waals surface area contributed by atoms with Gasteiger partial charge in [-0.25, -0.2) is 4.98 Å². The van der Waals surface area contributed by atoms with Gasteiger partial charge in [-0.05, 0) is 56.9 Å². The summed E-state index contributed by atoms with van der Waals surface area (Å²) in [5.74, 6) is 1.59. The van der Waals surface area contributed by atoms with E-state index in [4.69, 9.17) is 4.74 Å². The number of nitrogens with zero attached hydrogens (tertiary/aromatic N) is 3. The molecule has 2 heterocycles. The van der Waals surface area contributed by atoms with Gasteiger partial charge in [-0.15, -0.1) is 11.3 Å². The number of benzene rings is 1. The van der Waals surface area contributed by atoms with Gasteiger partial charge in [0.2, 0.25) is 5.91 Å². The van der Waals surface area contributed by atoms with E-state index in [1.54, 1.807) is 0 Å². The van der Waals surface area contributed by atoms with Crippen molar-refractivity contribution in [1.82, 2.24) is 14.8 Å². The largest absolute Gasteiger partial charge is 0.491 e. The lowest BCUT2D eigenvalue weighted by molar-refractivity contribution is -0.133. The van der Waals surface area contributed by atoms with Crippen LogP contribution in [0.3, 0.4) is 0 Å². The van der Waals surface area contributed by atoms with Crippen LogP contribution in [0.25, 0.3) is 10.6 Å². The standard InChI is InChI=1S/C24H31N3O3S/c1-17(2)30-20-9-7-19(8-10-20)23-25-21(16-31-23)24(29)27-13-11-26(12-14-27)22(28)15-18-5-3-4-6-18/h7-10,16-18H,3-6,11-15H2,1-2H3. The molecule has 6 nitrogen and oxygen atoms in total. The Bertz CT molecular complexity index is 895. The number of rotatable bonds is 6. The molecular formula is C24H31N3O3S. The van der Waals surface area contributed by atoms with Crippen LogP contribution in [0.5, 0.6) is 5.75 Å². The van der Waals surface area contributed by atoms with E-state index in [0.29, 0.717) is 44.2 Å². The third kappa shape index (κ3) is 5.45. The molecule has 1 saturated carbocycles. The zero-order valence-corrected chi connectivity index (χ0v) is 19.2. The van der Waals surface area contributed by atoms with E-state index in [2.05, 4.69) is 4.98 Å². The van der Waals surface area contributed by atoms with Crippen molar-refractivity contribution in [3.8, 4) is 16.3 Å². The summed E-state index contributed by atoms with van der Waals surface area (Å²) in [5, 5.41) is 2.65. The molecule has 0 atom stereocenters. The second-order valence-corrected chi connectivity index (χ2v) is 9.61. The van der Waals surface area contributed by atoms with Gasteiger partial charge in [0, 0.05) is 43.5 Å². The van der Waals surface area contributed by atoms with Crippen LogP contribution in [0.15, 0.2) is 29.6 Å². The van der Waals surface area contributed by atoms with E-state index in [-0.39, 0.29) is 17.9 Å². The smallest absolute Gasteiger partial charge is 0.273 e. The molecule has 0 radical (unpaired) electrons. The number of aromatic nitrogens is 1. The minimum atomic E-state index is -0.0508. The van der Waals surface area contributed by atoms with E-state index < -0.39 is 0 Å². The molecule has 2 fully saturated rings. The van der Waals surface area contributed by atoms with E-state index in [9.17, 15) is 9.59 Å². The molecule has 0 spiro atoms. The molecular weight excluding hydrogens is 410 g/mol. The van der Waals surface area contributed by atoms with Crippen molar-refractivity contribution in [1.29, 1.82) is 0 Å². The van der Waals surface area contributed by atoms with E-state index in [1.165, 1.54) is 37.0 Å². The third-order valence-electron chi connectivity index (χ3n) is 6.05. The lowest BCUT2D eigenvalue weighted by Crippen LogP contribution is -2.50. The van der Waals surface area contributed by atoms with Crippen molar-refractivity contribution in [3.63, 3.8) is 0 Å². The normalized spacial score (nSPS) is 17.4. The maximum atomic E-state index is 12.9. The lowest BCUT2D eigenvalue weighted by Gasteiger charge is -2.35. The molecule has 1 aromatic heterocycles. The fraction of sp³-hybridized carbons (Fsp3) is 0.542. The molecule has 1 aliphatic heterocycles. The SMILES string of the molecule is CC(C)Oc1ccc(-c2nc(C(=O)N3CCN(C(=O)CC4CCCC4)CC3)cs2)cc1. The summed E-state index contributed by atoms with van der Waals surface area (Å²) in [5.41, 5.74) is 1.45. The summed E-state index contributed by atoms with van der Waals surface area (Å²) in [7, 11) is 0. The van der Waals surface area contributed by atoms with Crippen molar-refractivity contribution in [2.75, 3.05) is 26.2 Å². The van der Waals surface area contributed by atoms with Gasteiger partial charge in [0.1, 0.15) is 16.5 Å². The predicted octanol–water partition coefficient (Wildman–Crippen LogP) is 4.46. The van der Waals surface area contributed by atoms with Gasteiger partial charge in [0.15, 0.2) is 0 Å². The first-order valence-electron chi connectivity index (χ1n) is 11.3. The Kier molecular flexibility index (Phi) is 6.90. The molecule has 166 valence electrons. The number of hydrogen-bond donors (Lipinski definition) is 0. The van der Waals surface area contributed by atoms with E-state index in [0.717, 1.165) is 16.3 Å². The van der Waals surface area contributed by atoms with Crippen molar-refractivity contribution in [2.45, 2.75) is 52.1 Å². The number of piperazine rings is 1. The van der Waals surface area contributed by atoms with Crippen LogP contribution < -0.4 is 4.74 Å². The maximum Gasteiger partial charge on any atom is 0.273 e. The van der Waals surface area contributed by atoms with Gasteiger partial charge >= 0.3 is 0 Å². The molecule has 1 aliphatic carbocycles. The van der Waals surface area contributed by atoms with Crippen LogP contribution in [0.4, 0.5) is 0 Å². The minimum Gasteiger partial charge on any atom is -0.491 e. The topological polar surface area (TPSA) is 62.7 Å². The molecule has 7 heteroatoms. The Morgan fingerprint density at radius 1 is 1.06 bits per heavy atom. The maximum absolute atomic E-state index is 12.9. The Balaban J connectivity index is 1.31. The summed E-state index contributed by atoms with van der Waals surface area (Å²) < 4.78 is 5.68. The molecule has 2 amide bonds. The second-order valence-electron chi connectivity index (χ2n) is 8.76. The Labute approximate surface area is 188 Å². The van der Waals surface area contributed by atoms with Crippen molar-refractivity contribution in [3.05, 3.63) is 35.3 Å².